The first-order valence-electron chi connectivity index (χ1n) is 6.91. The summed E-state index contributed by atoms with van der Waals surface area (Å²) in [5, 5.41) is 0.174. The number of thiocarbonyl (C=S) groups is 1. The maximum Gasteiger partial charge on any atom is 0.277 e. The van der Waals surface area contributed by atoms with Crippen LogP contribution in [0.3, 0.4) is 0 Å². The lowest BCUT2D eigenvalue weighted by molar-refractivity contribution is 0.101. The highest BCUT2D eigenvalue weighted by Gasteiger charge is 2.14. The van der Waals surface area contributed by atoms with Crippen molar-refractivity contribution in [2.45, 2.75) is 13.8 Å². The van der Waals surface area contributed by atoms with Crippen molar-refractivity contribution in [3.63, 3.8) is 0 Å². The van der Waals surface area contributed by atoms with E-state index in [2.05, 4.69) is 0 Å². The van der Waals surface area contributed by atoms with E-state index in [0.717, 1.165) is 5.56 Å². The molecule has 0 unspecified atom stereocenters. The molecule has 0 atom stereocenters. The van der Waals surface area contributed by atoms with Gasteiger partial charge in [0.05, 0.1) is 5.52 Å². The number of nitrogens with zero attached hydrogens (tertiary/aromatic N) is 1. The Balaban J connectivity index is 2.00. The van der Waals surface area contributed by atoms with Gasteiger partial charge in [0.1, 0.15) is 5.75 Å². The fourth-order valence-corrected chi connectivity index (χ4v) is 2.77. The Kier molecular flexibility index (Phi) is 4.11. The van der Waals surface area contributed by atoms with Gasteiger partial charge in [-0.05, 0) is 68.6 Å². The fourth-order valence-electron chi connectivity index (χ4n) is 2.16. The first kappa shape index (κ1) is 15.6. The van der Waals surface area contributed by atoms with Crippen molar-refractivity contribution >= 4 is 46.5 Å². The highest BCUT2D eigenvalue weighted by Crippen LogP contribution is 2.21. The van der Waals surface area contributed by atoms with Crippen LogP contribution in [0.4, 0.5) is 0 Å². The number of benzene rings is 2. The average Bonchev–Trinajstić information content (AvgIpc) is 2.84. The van der Waals surface area contributed by atoms with Gasteiger partial charge in [-0.1, -0.05) is 17.7 Å². The molecule has 4 nitrogen and oxygen atoms in total. The number of ketones is 1. The number of rotatable bonds is 2. The summed E-state index contributed by atoms with van der Waals surface area (Å²) in [5.41, 5.74) is 2.85. The molecule has 0 saturated heterocycles. The van der Waals surface area contributed by atoms with Crippen molar-refractivity contribution < 1.29 is 13.9 Å². The zero-order chi connectivity index (χ0) is 16.6. The summed E-state index contributed by atoms with van der Waals surface area (Å²) >= 11 is 10.6. The third-order valence-electron chi connectivity index (χ3n) is 3.40. The Morgan fingerprint density at radius 2 is 1.87 bits per heavy atom. The third kappa shape index (κ3) is 3.09. The topological polar surface area (TPSA) is 44.4 Å². The number of carbonyl (C=O) groups excluding carboxylic acids is 1. The normalized spacial score (nSPS) is 10.7. The smallest absolute Gasteiger partial charge is 0.277 e. The second kappa shape index (κ2) is 6.06. The van der Waals surface area contributed by atoms with Gasteiger partial charge in [0.25, 0.3) is 10.0 Å². The van der Waals surface area contributed by atoms with Crippen molar-refractivity contribution in [2.75, 3.05) is 0 Å². The lowest BCUT2D eigenvalue weighted by atomic mass is 10.1. The van der Waals surface area contributed by atoms with E-state index >= 15 is 0 Å². The molecule has 23 heavy (non-hydrogen) atoms. The van der Waals surface area contributed by atoms with Crippen molar-refractivity contribution in [1.82, 2.24) is 4.57 Å². The highest BCUT2D eigenvalue weighted by molar-refractivity contribution is 7.80. The zero-order valence-corrected chi connectivity index (χ0v) is 14.2. The number of aryl methyl sites for hydroxylation is 1. The SMILES string of the molecule is CC(=O)c1ccc2c(c1)oc(=S)n2C(=S)Oc1ccc(C)cc1. The second-order valence-electron chi connectivity index (χ2n) is 5.12. The maximum absolute atomic E-state index is 11.5. The van der Waals surface area contributed by atoms with Gasteiger partial charge in [-0.15, -0.1) is 0 Å². The summed E-state index contributed by atoms with van der Waals surface area (Å²) < 4.78 is 12.7. The minimum Gasteiger partial charge on any atom is -0.431 e. The van der Waals surface area contributed by atoms with Crippen molar-refractivity contribution in [1.29, 1.82) is 0 Å². The summed E-state index contributed by atoms with van der Waals surface area (Å²) in [6, 6.07) is 12.6. The molecule has 0 aliphatic carbocycles. The summed E-state index contributed by atoms with van der Waals surface area (Å²) in [6.45, 7) is 3.49. The Hall–Kier alpha value is -2.31. The number of aromatic nitrogens is 1. The molecule has 0 fully saturated rings. The van der Waals surface area contributed by atoms with Crippen LogP contribution in [0, 0.1) is 11.8 Å². The standard InChI is InChI=1S/C17H13NO3S2/c1-10-3-6-13(7-4-10)20-16(22)18-14-8-5-12(11(2)19)9-15(14)21-17(18)23/h3-9H,1-2H3. The number of hydrogen-bond acceptors (Lipinski definition) is 5. The second-order valence-corrected chi connectivity index (χ2v) is 5.82. The van der Waals surface area contributed by atoms with E-state index in [1.54, 1.807) is 18.2 Å². The highest BCUT2D eigenvalue weighted by atomic mass is 32.1. The minimum atomic E-state index is -0.0424. The monoisotopic (exact) mass is 343 g/mol. The van der Waals surface area contributed by atoms with E-state index in [1.807, 2.05) is 31.2 Å². The quantitative estimate of drug-likeness (QED) is 0.499. The first-order valence-corrected chi connectivity index (χ1v) is 7.73. The predicted molar refractivity (Wildman–Crippen MR) is 94.8 cm³/mol. The lowest BCUT2D eigenvalue weighted by Crippen LogP contribution is -2.16. The van der Waals surface area contributed by atoms with Crippen molar-refractivity contribution in [3.8, 4) is 5.75 Å². The molecule has 0 amide bonds. The molecule has 116 valence electrons. The molecule has 3 rings (SSSR count). The van der Waals surface area contributed by atoms with Crippen LogP contribution >= 0.6 is 24.4 Å². The van der Waals surface area contributed by atoms with Gasteiger partial charge in [-0.25, -0.2) is 4.57 Å². The van der Waals surface area contributed by atoms with Crippen molar-refractivity contribution in [3.05, 3.63) is 58.4 Å². The molecule has 0 aliphatic rings. The summed E-state index contributed by atoms with van der Waals surface area (Å²) in [5.74, 6) is 0.580. The van der Waals surface area contributed by atoms with Gasteiger partial charge in [0.2, 0.25) is 0 Å². The van der Waals surface area contributed by atoms with E-state index in [-0.39, 0.29) is 15.8 Å². The summed E-state index contributed by atoms with van der Waals surface area (Å²) in [4.78, 5) is 11.6. The third-order valence-corrected chi connectivity index (χ3v) is 3.93. The minimum absolute atomic E-state index is 0.0424. The van der Waals surface area contributed by atoms with Gasteiger partial charge >= 0.3 is 0 Å². The predicted octanol–water partition coefficient (Wildman–Crippen LogP) is 4.69. The van der Waals surface area contributed by atoms with Crippen LogP contribution in [0.5, 0.6) is 5.75 Å². The number of oxazole rings is 1. The fraction of sp³-hybridized carbons (Fsp3) is 0.118. The molecule has 0 saturated carbocycles. The summed E-state index contributed by atoms with van der Waals surface area (Å²) in [6.07, 6.45) is 0. The molecule has 0 N–H and O–H groups in total. The van der Waals surface area contributed by atoms with E-state index < -0.39 is 0 Å². The van der Waals surface area contributed by atoms with Crippen LogP contribution in [0.2, 0.25) is 0 Å². The molecule has 0 spiro atoms. The number of hydrogen-bond donors (Lipinski definition) is 0. The van der Waals surface area contributed by atoms with Crippen LogP contribution < -0.4 is 4.74 Å². The Bertz CT molecular complexity index is 968. The molecule has 1 aromatic heterocycles. The Labute approximate surface area is 143 Å². The molecular formula is C17H13NO3S2. The van der Waals surface area contributed by atoms with Gasteiger partial charge in [0, 0.05) is 5.56 Å². The van der Waals surface area contributed by atoms with E-state index in [1.165, 1.54) is 11.5 Å². The van der Waals surface area contributed by atoms with E-state index in [0.29, 0.717) is 22.4 Å². The molecule has 1 heterocycles. The van der Waals surface area contributed by atoms with Crippen LogP contribution in [0.25, 0.3) is 11.1 Å². The molecular weight excluding hydrogens is 330 g/mol. The number of fused-ring (bicyclic) bond motifs is 1. The first-order chi connectivity index (χ1) is 11.0. The van der Waals surface area contributed by atoms with E-state index in [9.17, 15) is 4.79 Å². The molecule has 2 aromatic carbocycles. The van der Waals surface area contributed by atoms with Crippen LogP contribution in [0.1, 0.15) is 22.8 Å². The van der Waals surface area contributed by atoms with Crippen LogP contribution in [0.15, 0.2) is 46.9 Å². The number of ether oxygens (including phenoxy) is 1. The van der Waals surface area contributed by atoms with Crippen LogP contribution in [-0.4, -0.2) is 15.5 Å². The van der Waals surface area contributed by atoms with Crippen LogP contribution in [-0.2, 0) is 0 Å². The molecule has 0 bridgehead atoms. The molecule has 0 radical (unpaired) electrons. The van der Waals surface area contributed by atoms with Crippen molar-refractivity contribution in [2.24, 2.45) is 0 Å². The zero-order valence-electron chi connectivity index (χ0n) is 12.5. The Morgan fingerprint density at radius 1 is 1.17 bits per heavy atom. The molecule has 3 aromatic rings. The average molecular weight is 343 g/mol. The number of Topliss-reactive ketones (excluding diaryl/α,β-unsaturated/α-hetero) is 1. The Morgan fingerprint density at radius 3 is 2.52 bits per heavy atom. The van der Waals surface area contributed by atoms with Gasteiger partial charge in [0.15, 0.2) is 11.4 Å². The molecule has 6 heteroatoms. The number of carbonyl (C=O) groups is 1. The van der Waals surface area contributed by atoms with Gasteiger partial charge in [-0.3, -0.25) is 4.79 Å². The molecule has 0 aliphatic heterocycles. The lowest BCUT2D eigenvalue weighted by Gasteiger charge is -2.08. The largest absolute Gasteiger partial charge is 0.431 e. The maximum atomic E-state index is 11.5. The van der Waals surface area contributed by atoms with Gasteiger partial charge < -0.3 is 9.15 Å². The van der Waals surface area contributed by atoms with E-state index in [4.69, 9.17) is 33.6 Å². The van der Waals surface area contributed by atoms with Gasteiger partial charge in [-0.2, -0.15) is 0 Å². The summed E-state index contributed by atoms with van der Waals surface area (Å²) in [7, 11) is 0.